The quantitative estimate of drug-likeness (QED) is 0.112. The van der Waals surface area contributed by atoms with Crippen LogP contribution in [0.2, 0.25) is 0 Å². The highest BCUT2D eigenvalue weighted by Gasteiger charge is 2.64. The zero-order valence-electron chi connectivity index (χ0n) is 32.0. The highest BCUT2D eigenvalue weighted by Crippen LogP contribution is 2.67. The number of fused-ring (bicyclic) bond motifs is 15. The number of phenolic OH excluding ortho intramolecular Hbond substituents is 10. The lowest BCUT2D eigenvalue weighted by Gasteiger charge is -2.53. The van der Waals surface area contributed by atoms with Crippen LogP contribution in [0, 0.1) is 0 Å². The van der Waals surface area contributed by atoms with Crippen LogP contribution in [0.25, 0.3) is 0 Å². The molecule has 5 aliphatic heterocycles. The minimum Gasteiger partial charge on any atom is -0.508 e. The van der Waals surface area contributed by atoms with Crippen LogP contribution < -0.4 is 23.7 Å². The van der Waals surface area contributed by atoms with Gasteiger partial charge in [0.2, 0.25) is 0 Å². The van der Waals surface area contributed by atoms with E-state index >= 15 is 0 Å². The summed E-state index contributed by atoms with van der Waals surface area (Å²) >= 11 is 0. The van der Waals surface area contributed by atoms with Crippen LogP contribution in [0.1, 0.15) is 62.4 Å². The van der Waals surface area contributed by atoms with Gasteiger partial charge in [-0.2, -0.15) is 0 Å². The second-order valence-electron chi connectivity index (χ2n) is 16.1. The molecule has 0 radical (unpaired) electrons. The van der Waals surface area contributed by atoms with E-state index in [1.54, 1.807) is 0 Å². The number of phenols is 10. The van der Waals surface area contributed by atoms with E-state index in [4.69, 9.17) is 23.7 Å². The molecule has 11 rings (SSSR count). The number of aromatic hydroxyl groups is 10. The Morgan fingerprint density at radius 3 is 1.51 bits per heavy atom. The van der Waals surface area contributed by atoms with Crippen LogP contribution in [0.4, 0.5) is 0 Å². The van der Waals surface area contributed by atoms with Gasteiger partial charge in [0.15, 0.2) is 34.5 Å². The Balaban J connectivity index is 1.20. The summed E-state index contributed by atoms with van der Waals surface area (Å²) in [5.41, 5.74) is -0.123. The van der Waals surface area contributed by atoms with E-state index in [1.807, 2.05) is 0 Å². The molecular formula is C45H34O18. The second kappa shape index (κ2) is 12.6. The van der Waals surface area contributed by atoms with Gasteiger partial charge in [-0.1, -0.05) is 6.07 Å². The van der Waals surface area contributed by atoms with Gasteiger partial charge in [-0.05, 0) is 54.1 Å². The number of aliphatic hydroxyl groups excluding tert-OH is 3. The standard InChI is InChI=1S/C45H34O18/c46-18-10-27(54)33-30(11-18)60-44(16-2-5-21(48)25(52)8-16)42(57)37(33)36-32(61-44)14-28(55)34-38-35-31(62-45(43(38)58,63-41(34)36)17-3-6-22(49)26(53)9-17)13-23(50)19-12-29(56)39(59-40(19)35)15-1-4-20(47)24(51)7-15/h1-11,13-14,29,37-39,42-43,46-58H,12H2/t29-,37-,38-,39-,42-,43+,44-,45+/m1/s1. The molecule has 6 aromatic carbocycles. The van der Waals surface area contributed by atoms with Crippen molar-refractivity contribution in [3.63, 3.8) is 0 Å². The van der Waals surface area contributed by atoms with Crippen LogP contribution in [-0.2, 0) is 18.0 Å². The van der Waals surface area contributed by atoms with Crippen LogP contribution in [0.3, 0.4) is 0 Å². The molecule has 13 N–H and O–H groups in total. The molecule has 0 aliphatic carbocycles. The zero-order chi connectivity index (χ0) is 44.2. The fourth-order valence-electron chi connectivity index (χ4n) is 9.70. The number of rotatable bonds is 3. The van der Waals surface area contributed by atoms with E-state index in [1.165, 1.54) is 36.4 Å². The summed E-state index contributed by atoms with van der Waals surface area (Å²) in [6, 6.07) is 15.2. The minimum atomic E-state index is -2.43. The van der Waals surface area contributed by atoms with Crippen LogP contribution >= 0.6 is 0 Å². The third-order valence-corrected chi connectivity index (χ3v) is 12.5. The van der Waals surface area contributed by atoms with Gasteiger partial charge >= 0.3 is 11.6 Å². The molecule has 0 saturated carbocycles. The van der Waals surface area contributed by atoms with Gasteiger partial charge in [0, 0.05) is 69.6 Å². The Labute approximate surface area is 353 Å². The van der Waals surface area contributed by atoms with Crippen molar-refractivity contribution in [2.45, 2.75) is 54.2 Å². The number of hydrogen-bond acceptors (Lipinski definition) is 18. The number of aliphatic hydroxyl groups is 3. The summed E-state index contributed by atoms with van der Waals surface area (Å²) in [4.78, 5) is 0. The number of ether oxygens (including phenoxy) is 5. The third-order valence-electron chi connectivity index (χ3n) is 12.5. The lowest BCUT2D eigenvalue weighted by molar-refractivity contribution is -0.227. The molecule has 0 aromatic heterocycles. The van der Waals surface area contributed by atoms with Gasteiger partial charge < -0.3 is 90.1 Å². The molecule has 8 atom stereocenters. The van der Waals surface area contributed by atoms with E-state index in [9.17, 15) is 66.4 Å². The van der Waals surface area contributed by atoms with Gasteiger partial charge in [-0.15, -0.1) is 0 Å². The van der Waals surface area contributed by atoms with E-state index in [2.05, 4.69) is 0 Å². The Morgan fingerprint density at radius 1 is 0.429 bits per heavy atom. The first-order chi connectivity index (χ1) is 30.0. The summed E-state index contributed by atoms with van der Waals surface area (Å²) in [5, 5.41) is 145. The van der Waals surface area contributed by atoms with Crippen molar-refractivity contribution in [1.82, 2.24) is 0 Å². The van der Waals surface area contributed by atoms with E-state index in [-0.39, 0.29) is 79.7 Å². The molecule has 6 aromatic rings. The predicted octanol–water partition coefficient (Wildman–Crippen LogP) is 4.04. The first kappa shape index (κ1) is 38.1. The van der Waals surface area contributed by atoms with Crippen molar-refractivity contribution in [3.8, 4) is 86.2 Å². The molecule has 5 aliphatic rings. The first-order valence-electron chi connectivity index (χ1n) is 19.4. The normalized spacial score (nSPS) is 26.7. The molecular weight excluding hydrogens is 828 g/mol. The molecule has 18 heteroatoms. The van der Waals surface area contributed by atoms with E-state index in [0.29, 0.717) is 0 Å². The fourth-order valence-corrected chi connectivity index (χ4v) is 9.70. The molecule has 0 spiro atoms. The summed E-state index contributed by atoms with van der Waals surface area (Å²) in [6.07, 6.45) is -6.54. The maximum atomic E-state index is 12.7. The fraction of sp³-hybridized carbons (Fsp3) is 0.200. The van der Waals surface area contributed by atoms with Crippen molar-refractivity contribution < 1.29 is 90.1 Å². The SMILES string of the molecule is Oc1cc(O)c2c(c1)O[C@]1(c3ccc(O)c(O)c3)Oc3cc(O)c4c(c3[C@@H]2[C@H]1O)O[C@]1(c2ccc(O)c(O)c2)Oc2cc(O)c3c(c2[C@@H]4[C@@H]1O)O[C@H](c1ccc(O)c(O)c1)[C@H](O)C3. The maximum absolute atomic E-state index is 12.7. The average molecular weight is 863 g/mol. The average Bonchev–Trinajstić information content (AvgIpc) is 3.22. The highest BCUT2D eigenvalue weighted by molar-refractivity contribution is 5.73. The summed E-state index contributed by atoms with van der Waals surface area (Å²) in [6.45, 7) is 0. The number of benzene rings is 6. The Kier molecular flexibility index (Phi) is 7.65. The lowest BCUT2D eigenvalue weighted by atomic mass is 9.70. The monoisotopic (exact) mass is 862 g/mol. The van der Waals surface area contributed by atoms with Crippen molar-refractivity contribution in [3.05, 3.63) is 123 Å². The van der Waals surface area contributed by atoms with Crippen molar-refractivity contribution in [2.75, 3.05) is 0 Å². The van der Waals surface area contributed by atoms with Crippen molar-refractivity contribution in [2.24, 2.45) is 0 Å². The van der Waals surface area contributed by atoms with Crippen LogP contribution in [-0.4, -0.2) is 84.7 Å². The summed E-state index contributed by atoms with van der Waals surface area (Å²) in [5.74, 6) is -13.8. The van der Waals surface area contributed by atoms with Gasteiger partial charge in [0.25, 0.3) is 0 Å². The summed E-state index contributed by atoms with van der Waals surface area (Å²) in [7, 11) is 0. The lowest BCUT2D eigenvalue weighted by Crippen LogP contribution is -2.59. The molecule has 0 unspecified atom stereocenters. The molecule has 0 amide bonds. The Morgan fingerprint density at radius 2 is 0.921 bits per heavy atom. The van der Waals surface area contributed by atoms with Crippen LogP contribution in [0.15, 0.2) is 78.9 Å². The molecule has 63 heavy (non-hydrogen) atoms. The zero-order valence-corrected chi connectivity index (χ0v) is 32.0. The maximum Gasteiger partial charge on any atom is 0.305 e. The minimum absolute atomic E-state index is 0.0277. The molecule has 322 valence electrons. The van der Waals surface area contributed by atoms with Crippen LogP contribution in [0.5, 0.6) is 86.2 Å². The van der Waals surface area contributed by atoms with E-state index in [0.717, 1.165) is 42.5 Å². The van der Waals surface area contributed by atoms with Gasteiger partial charge in [-0.25, -0.2) is 0 Å². The van der Waals surface area contributed by atoms with E-state index < -0.39 is 105 Å². The molecule has 4 bridgehead atoms. The summed E-state index contributed by atoms with van der Waals surface area (Å²) < 4.78 is 32.6. The van der Waals surface area contributed by atoms with Crippen molar-refractivity contribution in [1.29, 1.82) is 0 Å². The third kappa shape index (κ3) is 5.04. The number of hydrogen-bond donors (Lipinski definition) is 13. The molecule has 0 fully saturated rings. The Bertz CT molecular complexity index is 2990. The van der Waals surface area contributed by atoms with Crippen molar-refractivity contribution >= 4 is 0 Å². The molecule has 18 nitrogen and oxygen atoms in total. The molecule has 0 saturated heterocycles. The van der Waals surface area contributed by atoms with Gasteiger partial charge in [0.1, 0.15) is 70.1 Å². The van der Waals surface area contributed by atoms with Gasteiger partial charge in [-0.3, -0.25) is 0 Å². The highest BCUT2D eigenvalue weighted by atomic mass is 16.7. The first-order valence-corrected chi connectivity index (χ1v) is 19.4. The molecule has 5 heterocycles. The largest absolute Gasteiger partial charge is 0.508 e. The predicted molar refractivity (Wildman–Crippen MR) is 210 cm³/mol. The van der Waals surface area contributed by atoms with Gasteiger partial charge in [0.05, 0.1) is 17.9 Å². The topological polar surface area (TPSA) is 309 Å². The smallest absolute Gasteiger partial charge is 0.305 e. The second-order valence-corrected chi connectivity index (χ2v) is 16.1. The Hall–Kier alpha value is -7.80.